The quantitative estimate of drug-likeness (QED) is 0.605. The molecule has 0 unspecified atom stereocenters. The summed E-state index contributed by atoms with van der Waals surface area (Å²) >= 11 is 12.3. The molecule has 2 heterocycles. The molecule has 31 heavy (non-hydrogen) atoms. The number of aromatic nitrogens is 4. The Bertz CT molecular complexity index is 1090. The van der Waals surface area contributed by atoms with Crippen molar-refractivity contribution in [2.75, 3.05) is 26.8 Å². The lowest BCUT2D eigenvalue weighted by atomic mass is 9.77. The number of halogens is 2. The molecule has 3 aromatic rings. The number of ether oxygens (including phenoxy) is 1. The summed E-state index contributed by atoms with van der Waals surface area (Å²) in [5.41, 5.74) is 1.63. The van der Waals surface area contributed by atoms with Crippen LogP contribution in [0.25, 0.3) is 5.69 Å². The fraction of sp³-hybridized carbons (Fsp3) is 0.333. The lowest BCUT2D eigenvalue weighted by molar-refractivity contribution is 0.0776. The average molecular weight is 462 g/mol. The largest absolute Gasteiger partial charge is 0.496 e. The Hall–Kier alpha value is -2.68. The van der Waals surface area contributed by atoms with Gasteiger partial charge in [0.2, 0.25) is 0 Å². The normalized spacial score (nSPS) is 18.4. The minimum atomic E-state index is -0.403. The lowest BCUT2D eigenvalue weighted by Crippen LogP contribution is -2.35. The second-order valence-corrected chi connectivity index (χ2v) is 8.31. The second kappa shape index (κ2) is 8.82. The van der Waals surface area contributed by atoms with Gasteiger partial charge in [-0.2, -0.15) is 0 Å². The number of methoxy groups -OCH3 is 1. The summed E-state index contributed by atoms with van der Waals surface area (Å²) in [7, 11) is 1.53. The van der Waals surface area contributed by atoms with Crippen molar-refractivity contribution in [3.63, 3.8) is 0 Å². The number of aliphatic hydroxyl groups excluding tert-OH is 1. The smallest absolute Gasteiger partial charge is 0.257 e. The van der Waals surface area contributed by atoms with E-state index in [-0.39, 0.29) is 12.5 Å². The van der Waals surface area contributed by atoms with Crippen LogP contribution in [0.3, 0.4) is 0 Å². The molecule has 1 aliphatic rings. The lowest BCUT2D eigenvalue weighted by Gasteiger charge is -2.30. The Morgan fingerprint density at radius 1 is 1.23 bits per heavy atom. The number of aliphatic hydroxyl groups is 1. The van der Waals surface area contributed by atoms with Gasteiger partial charge in [0.05, 0.1) is 28.4 Å². The van der Waals surface area contributed by atoms with Crippen molar-refractivity contribution in [1.82, 2.24) is 25.1 Å². The third kappa shape index (κ3) is 4.11. The van der Waals surface area contributed by atoms with Gasteiger partial charge in [0.25, 0.3) is 5.91 Å². The molecular formula is C21H21Cl2N5O3. The maximum atomic E-state index is 13.5. The summed E-state index contributed by atoms with van der Waals surface area (Å²) in [4.78, 5) is 15.2. The van der Waals surface area contributed by atoms with Gasteiger partial charge in [0.15, 0.2) is 0 Å². The summed E-state index contributed by atoms with van der Waals surface area (Å²) in [6.07, 6.45) is 2.67. The zero-order valence-electron chi connectivity index (χ0n) is 16.8. The number of tetrazole rings is 1. The molecule has 1 aromatic heterocycles. The fourth-order valence-corrected chi connectivity index (χ4v) is 4.42. The number of hydrogen-bond acceptors (Lipinski definition) is 6. The highest BCUT2D eigenvalue weighted by Gasteiger charge is 2.41. The minimum Gasteiger partial charge on any atom is -0.496 e. The van der Waals surface area contributed by atoms with Crippen molar-refractivity contribution < 1.29 is 14.6 Å². The van der Waals surface area contributed by atoms with E-state index < -0.39 is 5.41 Å². The van der Waals surface area contributed by atoms with Gasteiger partial charge in [-0.15, -0.1) is 5.10 Å². The first-order valence-electron chi connectivity index (χ1n) is 9.74. The number of carbonyl (C=O) groups is 1. The standard InChI is InChI=1S/C21H21Cl2N5O3/c1-31-19-5-3-15(28-13-24-25-26-28)11-16(19)20(30)27-8-6-21(12-27,7-9-29)14-2-4-17(22)18(23)10-14/h2-5,10-11,13,29H,6-9,12H2,1H3/t21-/m0/s1. The fourth-order valence-electron chi connectivity index (χ4n) is 4.13. The number of benzene rings is 2. The van der Waals surface area contributed by atoms with Gasteiger partial charge in [-0.3, -0.25) is 4.79 Å². The molecule has 0 saturated carbocycles. The van der Waals surface area contributed by atoms with Crippen LogP contribution >= 0.6 is 23.2 Å². The van der Waals surface area contributed by atoms with Crippen molar-refractivity contribution in [3.05, 3.63) is 63.9 Å². The summed E-state index contributed by atoms with van der Waals surface area (Å²) < 4.78 is 6.91. The first kappa shape index (κ1) is 21.5. The average Bonchev–Trinajstić information content (AvgIpc) is 3.46. The molecular weight excluding hydrogens is 441 g/mol. The van der Waals surface area contributed by atoms with Crippen LogP contribution in [0.5, 0.6) is 5.75 Å². The van der Waals surface area contributed by atoms with E-state index in [1.807, 2.05) is 12.1 Å². The number of nitrogens with zero attached hydrogens (tertiary/aromatic N) is 5. The van der Waals surface area contributed by atoms with Crippen molar-refractivity contribution >= 4 is 29.1 Å². The van der Waals surface area contributed by atoms with Crippen LogP contribution in [0.1, 0.15) is 28.8 Å². The third-order valence-electron chi connectivity index (χ3n) is 5.79. The van der Waals surface area contributed by atoms with E-state index in [0.29, 0.717) is 53.0 Å². The van der Waals surface area contributed by atoms with Crippen molar-refractivity contribution in [3.8, 4) is 11.4 Å². The van der Waals surface area contributed by atoms with Crippen molar-refractivity contribution in [2.45, 2.75) is 18.3 Å². The van der Waals surface area contributed by atoms with Gasteiger partial charge < -0.3 is 14.7 Å². The monoisotopic (exact) mass is 461 g/mol. The highest BCUT2D eigenvalue weighted by atomic mass is 35.5. The molecule has 1 fully saturated rings. The molecule has 1 N–H and O–H groups in total. The van der Waals surface area contributed by atoms with Crippen LogP contribution in [0, 0.1) is 0 Å². The Morgan fingerprint density at radius 2 is 2.06 bits per heavy atom. The van der Waals surface area contributed by atoms with E-state index in [2.05, 4.69) is 15.5 Å². The topological polar surface area (TPSA) is 93.4 Å². The highest BCUT2D eigenvalue weighted by Crippen LogP contribution is 2.40. The summed E-state index contributed by atoms with van der Waals surface area (Å²) in [5, 5.41) is 21.8. The molecule has 0 aliphatic carbocycles. The minimum absolute atomic E-state index is 0.000378. The van der Waals surface area contributed by atoms with E-state index in [4.69, 9.17) is 27.9 Å². The molecule has 4 rings (SSSR count). The molecule has 1 atom stereocenters. The summed E-state index contributed by atoms with van der Waals surface area (Å²) in [5.74, 6) is 0.308. The van der Waals surface area contributed by atoms with Crippen LogP contribution in [-0.4, -0.2) is 62.9 Å². The summed E-state index contributed by atoms with van der Waals surface area (Å²) in [6, 6.07) is 10.7. The molecule has 1 saturated heterocycles. The van der Waals surface area contributed by atoms with E-state index in [0.717, 1.165) is 5.56 Å². The zero-order chi connectivity index (χ0) is 22.0. The molecule has 8 nitrogen and oxygen atoms in total. The van der Waals surface area contributed by atoms with Gasteiger partial charge >= 0.3 is 0 Å². The predicted molar refractivity (Wildman–Crippen MR) is 116 cm³/mol. The zero-order valence-corrected chi connectivity index (χ0v) is 18.3. The first-order chi connectivity index (χ1) is 15.0. The van der Waals surface area contributed by atoms with E-state index in [9.17, 15) is 9.90 Å². The molecule has 0 spiro atoms. The Labute approximate surface area is 189 Å². The first-order valence-corrected chi connectivity index (χ1v) is 10.5. The Kier molecular flexibility index (Phi) is 6.13. The molecule has 0 bridgehead atoms. The van der Waals surface area contributed by atoms with E-state index in [1.165, 1.54) is 18.1 Å². The van der Waals surface area contributed by atoms with Crippen LogP contribution in [0.2, 0.25) is 10.0 Å². The Morgan fingerprint density at radius 3 is 2.74 bits per heavy atom. The molecule has 0 radical (unpaired) electrons. The van der Waals surface area contributed by atoms with Gasteiger partial charge in [0.1, 0.15) is 12.1 Å². The van der Waals surface area contributed by atoms with Gasteiger partial charge in [-0.25, -0.2) is 4.68 Å². The molecule has 1 amide bonds. The van der Waals surface area contributed by atoms with E-state index in [1.54, 1.807) is 29.2 Å². The number of likely N-dealkylation sites (tertiary alicyclic amines) is 1. The van der Waals surface area contributed by atoms with Crippen molar-refractivity contribution in [1.29, 1.82) is 0 Å². The summed E-state index contributed by atoms with van der Waals surface area (Å²) in [6.45, 7) is 0.986. The second-order valence-electron chi connectivity index (χ2n) is 7.50. The van der Waals surface area contributed by atoms with Gasteiger partial charge in [-0.1, -0.05) is 29.3 Å². The number of carbonyl (C=O) groups excluding carboxylic acids is 1. The molecule has 2 aromatic carbocycles. The Balaban J connectivity index is 1.65. The highest BCUT2D eigenvalue weighted by molar-refractivity contribution is 6.42. The third-order valence-corrected chi connectivity index (χ3v) is 6.53. The SMILES string of the molecule is COc1ccc(-n2cnnn2)cc1C(=O)N1CC[C@@](CCO)(c2ccc(Cl)c(Cl)c2)C1. The van der Waals surface area contributed by atoms with Crippen LogP contribution < -0.4 is 4.74 Å². The van der Waals surface area contributed by atoms with Crippen LogP contribution in [-0.2, 0) is 5.41 Å². The van der Waals surface area contributed by atoms with E-state index >= 15 is 0 Å². The number of hydrogen-bond donors (Lipinski definition) is 1. The van der Waals surface area contributed by atoms with Crippen LogP contribution in [0.4, 0.5) is 0 Å². The molecule has 10 heteroatoms. The maximum Gasteiger partial charge on any atom is 0.257 e. The number of amides is 1. The molecule has 1 aliphatic heterocycles. The predicted octanol–water partition coefficient (Wildman–Crippen LogP) is 3.14. The number of rotatable bonds is 6. The van der Waals surface area contributed by atoms with Crippen LogP contribution in [0.15, 0.2) is 42.7 Å². The van der Waals surface area contributed by atoms with Crippen molar-refractivity contribution in [2.24, 2.45) is 0 Å². The van der Waals surface area contributed by atoms with Gasteiger partial charge in [-0.05, 0) is 59.2 Å². The maximum absolute atomic E-state index is 13.5. The van der Waals surface area contributed by atoms with Gasteiger partial charge in [0, 0.05) is 25.1 Å². The molecule has 162 valence electrons.